The third-order valence-corrected chi connectivity index (χ3v) is 4.74. The van der Waals surface area contributed by atoms with Crippen molar-refractivity contribution in [2.24, 2.45) is 5.73 Å². The summed E-state index contributed by atoms with van der Waals surface area (Å²) in [6.45, 7) is 2.45. The molecule has 2 rings (SSSR count). The summed E-state index contributed by atoms with van der Waals surface area (Å²) < 4.78 is 0. The molecule has 116 valence electrons. The van der Waals surface area contributed by atoms with Gasteiger partial charge in [-0.2, -0.15) is 0 Å². The topological polar surface area (TPSA) is 58.4 Å². The molecule has 0 bridgehead atoms. The number of hydrogen-bond acceptors (Lipinski definition) is 3. The molecule has 1 saturated heterocycles. The van der Waals surface area contributed by atoms with Crippen LogP contribution in [0.1, 0.15) is 64.2 Å². The van der Waals surface area contributed by atoms with Crippen molar-refractivity contribution in [2.75, 3.05) is 19.6 Å². The van der Waals surface area contributed by atoms with Crippen LogP contribution < -0.4 is 11.1 Å². The number of carbonyl (C=O) groups is 1. The van der Waals surface area contributed by atoms with Gasteiger partial charge in [-0.15, -0.1) is 0 Å². The molecular formula is C16H31N3O. The van der Waals surface area contributed by atoms with Crippen LogP contribution in [-0.2, 0) is 4.79 Å². The van der Waals surface area contributed by atoms with E-state index in [4.69, 9.17) is 5.73 Å². The minimum Gasteiger partial charge on any atom is -0.343 e. The van der Waals surface area contributed by atoms with Gasteiger partial charge < -0.3 is 16.0 Å². The molecule has 0 aromatic carbocycles. The predicted molar refractivity (Wildman–Crippen MR) is 82.5 cm³/mol. The van der Waals surface area contributed by atoms with E-state index in [-0.39, 0.29) is 6.04 Å². The number of amides is 1. The van der Waals surface area contributed by atoms with E-state index in [2.05, 4.69) is 5.32 Å². The molecular weight excluding hydrogens is 250 g/mol. The van der Waals surface area contributed by atoms with E-state index in [1.807, 2.05) is 4.90 Å². The Morgan fingerprint density at radius 2 is 1.65 bits per heavy atom. The number of likely N-dealkylation sites (tertiary alicyclic amines) is 1. The first kappa shape index (κ1) is 15.8. The van der Waals surface area contributed by atoms with E-state index < -0.39 is 0 Å². The monoisotopic (exact) mass is 281 g/mol. The maximum Gasteiger partial charge on any atom is 0.224 e. The Labute approximate surface area is 123 Å². The molecule has 1 aliphatic heterocycles. The van der Waals surface area contributed by atoms with Gasteiger partial charge in [0.15, 0.2) is 0 Å². The lowest BCUT2D eigenvalue weighted by atomic mass is 10.1. The van der Waals surface area contributed by atoms with Gasteiger partial charge in [0.05, 0.1) is 0 Å². The van der Waals surface area contributed by atoms with Crippen molar-refractivity contribution < 1.29 is 4.79 Å². The second-order valence-corrected chi connectivity index (χ2v) is 6.43. The first-order valence-corrected chi connectivity index (χ1v) is 8.53. The second-order valence-electron chi connectivity index (χ2n) is 6.43. The molecule has 1 saturated carbocycles. The number of rotatable bonds is 5. The molecule has 4 heteroatoms. The van der Waals surface area contributed by atoms with Crippen molar-refractivity contribution in [3.8, 4) is 0 Å². The van der Waals surface area contributed by atoms with Gasteiger partial charge in [0.25, 0.3) is 0 Å². The maximum atomic E-state index is 12.3. The average Bonchev–Trinajstić information content (AvgIpc) is 2.76. The van der Waals surface area contributed by atoms with Gasteiger partial charge >= 0.3 is 0 Å². The lowest BCUT2D eigenvalue weighted by molar-refractivity contribution is -0.132. The van der Waals surface area contributed by atoms with E-state index in [1.54, 1.807) is 0 Å². The van der Waals surface area contributed by atoms with Gasteiger partial charge in [-0.1, -0.05) is 25.7 Å². The number of hydrogen-bond donors (Lipinski definition) is 2. The summed E-state index contributed by atoms with van der Waals surface area (Å²) >= 11 is 0. The average molecular weight is 281 g/mol. The molecule has 4 nitrogen and oxygen atoms in total. The Morgan fingerprint density at radius 1 is 1.05 bits per heavy atom. The van der Waals surface area contributed by atoms with Crippen LogP contribution in [-0.4, -0.2) is 42.5 Å². The highest BCUT2D eigenvalue weighted by Gasteiger charge is 2.22. The van der Waals surface area contributed by atoms with Crippen molar-refractivity contribution in [3.63, 3.8) is 0 Å². The Kier molecular flexibility index (Phi) is 6.80. The summed E-state index contributed by atoms with van der Waals surface area (Å²) in [7, 11) is 0. The number of piperidine rings is 1. The highest BCUT2D eigenvalue weighted by Crippen LogP contribution is 2.18. The lowest BCUT2D eigenvalue weighted by Crippen LogP contribution is -2.47. The summed E-state index contributed by atoms with van der Waals surface area (Å²) in [5.74, 6) is 0.293. The molecule has 1 unspecified atom stereocenters. The first-order valence-electron chi connectivity index (χ1n) is 8.53. The molecule has 1 atom stereocenters. The summed E-state index contributed by atoms with van der Waals surface area (Å²) in [6, 6.07) is 0.729. The molecule has 0 spiro atoms. The Balaban J connectivity index is 1.76. The molecule has 2 fully saturated rings. The molecule has 20 heavy (non-hydrogen) atoms. The van der Waals surface area contributed by atoms with Crippen molar-refractivity contribution in [1.29, 1.82) is 0 Å². The van der Waals surface area contributed by atoms with Gasteiger partial charge in [-0.25, -0.2) is 0 Å². The molecule has 3 N–H and O–H groups in total. The van der Waals surface area contributed by atoms with Crippen molar-refractivity contribution in [1.82, 2.24) is 10.2 Å². The fraction of sp³-hybridized carbons (Fsp3) is 0.938. The zero-order chi connectivity index (χ0) is 14.2. The van der Waals surface area contributed by atoms with Crippen LogP contribution in [0.2, 0.25) is 0 Å². The number of nitrogens with one attached hydrogen (secondary N) is 1. The number of nitrogens with two attached hydrogens (primary N) is 1. The zero-order valence-corrected chi connectivity index (χ0v) is 12.8. The Hall–Kier alpha value is -0.610. The highest BCUT2D eigenvalue weighted by atomic mass is 16.2. The largest absolute Gasteiger partial charge is 0.343 e. The van der Waals surface area contributed by atoms with Crippen LogP contribution in [0, 0.1) is 0 Å². The molecule has 0 radical (unpaired) electrons. The van der Waals surface area contributed by atoms with Crippen LogP contribution in [0.5, 0.6) is 0 Å². The molecule has 2 aliphatic rings. The van der Waals surface area contributed by atoms with Crippen molar-refractivity contribution >= 4 is 5.91 Å². The van der Waals surface area contributed by atoms with E-state index in [1.165, 1.54) is 44.9 Å². The number of carbonyl (C=O) groups excluding carboxylic acids is 1. The quantitative estimate of drug-likeness (QED) is 0.758. The van der Waals surface area contributed by atoms with E-state index in [0.717, 1.165) is 25.9 Å². The molecule has 1 aliphatic carbocycles. The van der Waals surface area contributed by atoms with Crippen molar-refractivity contribution in [2.45, 2.75) is 76.3 Å². The van der Waals surface area contributed by atoms with Crippen LogP contribution >= 0.6 is 0 Å². The summed E-state index contributed by atoms with van der Waals surface area (Å²) in [6.07, 6.45) is 12.0. The van der Waals surface area contributed by atoms with E-state index in [9.17, 15) is 4.79 Å². The fourth-order valence-corrected chi connectivity index (χ4v) is 3.47. The molecule has 1 heterocycles. The smallest absolute Gasteiger partial charge is 0.224 e. The Bertz CT molecular complexity index is 281. The maximum absolute atomic E-state index is 12.3. The second kappa shape index (κ2) is 8.63. The van der Waals surface area contributed by atoms with Crippen molar-refractivity contribution in [3.05, 3.63) is 0 Å². The van der Waals surface area contributed by atoms with Gasteiger partial charge in [0, 0.05) is 38.1 Å². The van der Waals surface area contributed by atoms with Crippen LogP contribution in [0.4, 0.5) is 0 Å². The first-order chi connectivity index (χ1) is 9.79. The third kappa shape index (κ3) is 5.06. The van der Waals surface area contributed by atoms with Crippen LogP contribution in [0.15, 0.2) is 0 Å². The third-order valence-electron chi connectivity index (χ3n) is 4.74. The summed E-state index contributed by atoms with van der Waals surface area (Å²) in [5, 5.41) is 3.64. The predicted octanol–water partition coefficient (Wildman–Crippen LogP) is 2.03. The van der Waals surface area contributed by atoms with Crippen LogP contribution in [0.25, 0.3) is 0 Å². The van der Waals surface area contributed by atoms with Gasteiger partial charge in [-0.3, -0.25) is 4.79 Å². The lowest BCUT2D eigenvalue weighted by Gasteiger charge is -2.30. The van der Waals surface area contributed by atoms with E-state index in [0.29, 0.717) is 24.9 Å². The highest BCUT2D eigenvalue weighted by molar-refractivity contribution is 5.76. The SMILES string of the molecule is NCC(CC(=O)N1CCCCC1)NC1CCCCCC1. The molecule has 0 aromatic rings. The van der Waals surface area contributed by atoms with Gasteiger partial charge in [0.2, 0.25) is 5.91 Å². The molecule has 1 amide bonds. The van der Waals surface area contributed by atoms with Gasteiger partial charge in [0.1, 0.15) is 0 Å². The van der Waals surface area contributed by atoms with E-state index >= 15 is 0 Å². The fourth-order valence-electron chi connectivity index (χ4n) is 3.47. The summed E-state index contributed by atoms with van der Waals surface area (Å²) in [5.41, 5.74) is 5.87. The minimum atomic E-state index is 0.160. The number of nitrogens with zero attached hydrogens (tertiary/aromatic N) is 1. The Morgan fingerprint density at radius 3 is 2.25 bits per heavy atom. The van der Waals surface area contributed by atoms with Crippen LogP contribution in [0.3, 0.4) is 0 Å². The van der Waals surface area contributed by atoms with Gasteiger partial charge in [-0.05, 0) is 32.1 Å². The normalized spacial score (nSPS) is 23.4. The standard InChI is InChI=1S/C16H31N3O/c17-13-15(18-14-8-4-1-2-5-9-14)12-16(20)19-10-6-3-7-11-19/h14-15,18H,1-13,17H2. The summed E-state index contributed by atoms with van der Waals surface area (Å²) in [4.78, 5) is 14.3. The minimum absolute atomic E-state index is 0.160. The molecule has 0 aromatic heterocycles. The zero-order valence-electron chi connectivity index (χ0n) is 12.8.